The summed E-state index contributed by atoms with van der Waals surface area (Å²) in [5, 5.41) is 6.05. The molecule has 98 valence electrons. The summed E-state index contributed by atoms with van der Waals surface area (Å²) in [5.74, 6) is 0.561. The topological polar surface area (TPSA) is 66.9 Å². The molecule has 0 saturated heterocycles. The molecule has 19 heavy (non-hydrogen) atoms. The fourth-order valence-corrected chi connectivity index (χ4v) is 1.66. The molecule has 2 rings (SSSR count). The lowest BCUT2D eigenvalue weighted by molar-refractivity contribution is -0.114. The van der Waals surface area contributed by atoms with Crippen LogP contribution in [-0.2, 0) is 4.79 Å². The highest BCUT2D eigenvalue weighted by Crippen LogP contribution is 2.20. The van der Waals surface area contributed by atoms with Crippen molar-refractivity contribution in [1.82, 2.24) is 9.97 Å². The number of halogens is 1. The molecular weight excluding hydrogens is 264 g/mol. The summed E-state index contributed by atoms with van der Waals surface area (Å²) in [6.07, 6.45) is 1.66. The molecule has 0 spiro atoms. The second-order valence-corrected chi connectivity index (χ2v) is 4.39. The molecule has 0 fully saturated rings. The number of anilines is 3. The van der Waals surface area contributed by atoms with E-state index in [1.54, 1.807) is 6.20 Å². The van der Waals surface area contributed by atoms with Crippen LogP contribution in [0.5, 0.6) is 0 Å². The zero-order valence-electron chi connectivity index (χ0n) is 10.6. The molecule has 0 aliphatic heterocycles. The van der Waals surface area contributed by atoms with E-state index < -0.39 is 0 Å². The standard InChI is InChI=1S/C13H13ClN4O/c1-8-7-15-13(14)18-12(8)17-11-5-3-10(4-6-11)16-9(2)19/h3-7H,1-2H3,(H,16,19)(H,15,17,18). The lowest BCUT2D eigenvalue weighted by Gasteiger charge is -2.09. The van der Waals surface area contributed by atoms with Gasteiger partial charge in [-0.3, -0.25) is 4.79 Å². The van der Waals surface area contributed by atoms with Crippen LogP contribution in [0.2, 0.25) is 5.28 Å². The normalized spacial score (nSPS) is 10.1. The van der Waals surface area contributed by atoms with Gasteiger partial charge in [0.25, 0.3) is 0 Å². The van der Waals surface area contributed by atoms with Gasteiger partial charge in [-0.25, -0.2) is 9.97 Å². The van der Waals surface area contributed by atoms with Crippen molar-refractivity contribution in [3.8, 4) is 0 Å². The summed E-state index contributed by atoms with van der Waals surface area (Å²) in [6, 6.07) is 7.31. The number of amides is 1. The summed E-state index contributed by atoms with van der Waals surface area (Å²) in [4.78, 5) is 18.9. The van der Waals surface area contributed by atoms with Crippen molar-refractivity contribution >= 4 is 34.7 Å². The second kappa shape index (κ2) is 5.67. The Balaban J connectivity index is 2.15. The first kappa shape index (κ1) is 13.3. The number of hydrogen-bond acceptors (Lipinski definition) is 4. The number of carbonyl (C=O) groups excluding carboxylic acids is 1. The second-order valence-electron chi connectivity index (χ2n) is 4.05. The van der Waals surface area contributed by atoms with E-state index in [1.165, 1.54) is 6.92 Å². The predicted octanol–water partition coefficient (Wildman–Crippen LogP) is 3.14. The van der Waals surface area contributed by atoms with E-state index in [9.17, 15) is 4.79 Å². The highest BCUT2D eigenvalue weighted by molar-refractivity contribution is 6.28. The summed E-state index contributed by atoms with van der Waals surface area (Å²) >= 11 is 5.76. The van der Waals surface area contributed by atoms with Gasteiger partial charge in [-0.2, -0.15) is 0 Å². The van der Waals surface area contributed by atoms with Gasteiger partial charge < -0.3 is 10.6 Å². The van der Waals surface area contributed by atoms with Gasteiger partial charge >= 0.3 is 0 Å². The zero-order chi connectivity index (χ0) is 13.8. The van der Waals surface area contributed by atoms with Gasteiger partial charge in [0.15, 0.2) is 0 Å². The molecule has 5 nitrogen and oxygen atoms in total. The molecule has 0 bridgehead atoms. The van der Waals surface area contributed by atoms with Crippen LogP contribution in [0, 0.1) is 6.92 Å². The van der Waals surface area contributed by atoms with Crippen LogP contribution < -0.4 is 10.6 Å². The van der Waals surface area contributed by atoms with Crippen molar-refractivity contribution in [3.63, 3.8) is 0 Å². The molecule has 0 radical (unpaired) electrons. The Morgan fingerprint density at radius 1 is 1.21 bits per heavy atom. The van der Waals surface area contributed by atoms with Crippen LogP contribution in [0.1, 0.15) is 12.5 Å². The summed E-state index contributed by atoms with van der Waals surface area (Å²) in [5.41, 5.74) is 2.50. The Hall–Kier alpha value is -2.14. The van der Waals surface area contributed by atoms with Crippen LogP contribution in [-0.4, -0.2) is 15.9 Å². The number of aryl methyl sites for hydroxylation is 1. The zero-order valence-corrected chi connectivity index (χ0v) is 11.3. The molecule has 1 aromatic heterocycles. The number of benzene rings is 1. The third-order valence-corrected chi connectivity index (χ3v) is 2.59. The van der Waals surface area contributed by atoms with E-state index in [-0.39, 0.29) is 11.2 Å². The third-order valence-electron chi connectivity index (χ3n) is 2.41. The Morgan fingerprint density at radius 3 is 2.47 bits per heavy atom. The maximum Gasteiger partial charge on any atom is 0.224 e. The molecule has 1 aromatic carbocycles. The van der Waals surface area contributed by atoms with Gasteiger partial charge in [0, 0.05) is 30.1 Å². The van der Waals surface area contributed by atoms with Crippen LogP contribution in [0.25, 0.3) is 0 Å². The van der Waals surface area contributed by atoms with E-state index in [1.807, 2.05) is 31.2 Å². The minimum absolute atomic E-state index is 0.0980. The minimum atomic E-state index is -0.0980. The monoisotopic (exact) mass is 276 g/mol. The SMILES string of the molecule is CC(=O)Nc1ccc(Nc2nc(Cl)ncc2C)cc1. The molecular formula is C13H13ClN4O. The van der Waals surface area contributed by atoms with E-state index in [2.05, 4.69) is 20.6 Å². The van der Waals surface area contributed by atoms with Crippen molar-refractivity contribution in [3.05, 3.63) is 41.3 Å². The number of rotatable bonds is 3. The van der Waals surface area contributed by atoms with Crippen molar-refractivity contribution in [2.45, 2.75) is 13.8 Å². The largest absolute Gasteiger partial charge is 0.340 e. The first-order valence-electron chi connectivity index (χ1n) is 5.68. The van der Waals surface area contributed by atoms with Crippen LogP contribution in [0.4, 0.5) is 17.2 Å². The smallest absolute Gasteiger partial charge is 0.224 e. The molecule has 0 saturated carbocycles. The van der Waals surface area contributed by atoms with Crippen LogP contribution in [0.3, 0.4) is 0 Å². The lowest BCUT2D eigenvalue weighted by Crippen LogP contribution is -2.05. The number of nitrogens with one attached hydrogen (secondary N) is 2. The van der Waals surface area contributed by atoms with Crippen molar-refractivity contribution in [1.29, 1.82) is 0 Å². The molecule has 0 unspecified atom stereocenters. The number of aromatic nitrogens is 2. The Kier molecular flexibility index (Phi) is 3.97. The van der Waals surface area contributed by atoms with Gasteiger partial charge in [-0.1, -0.05) is 0 Å². The molecule has 1 amide bonds. The highest BCUT2D eigenvalue weighted by atomic mass is 35.5. The summed E-state index contributed by atoms with van der Waals surface area (Å²) in [7, 11) is 0. The minimum Gasteiger partial charge on any atom is -0.340 e. The van der Waals surface area contributed by atoms with Gasteiger partial charge in [-0.05, 0) is 42.8 Å². The average Bonchev–Trinajstić information content (AvgIpc) is 2.35. The Labute approximate surface area is 116 Å². The number of carbonyl (C=O) groups is 1. The molecule has 2 aromatic rings. The Morgan fingerprint density at radius 2 is 1.84 bits per heavy atom. The molecule has 1 heterocycles. The summed E-state index contributed by atoms with van der Waals surface area (Å²) < 4.78 is 0. The molecule has 6 heteroatoms. The molecule has 0 aliphatic carbocycles. The maximum atomic E-state index is 10.9. The van der Waals surface area contributed by atoms with Crippen molar-refractivity contribution in [2.24, 2.45) is 0 Å². The first-order chi connectivity index (χ1) is 9.04. The van der Waals surface area contributed by atoms with Gasteiger partial charge in [0.2, 0.25) is 11.2 Å². The fraction of sp³-hybridized carbons (Fsp3) is 0.154. The van der Waals surface area contributed by atoms with Gasteiger partial charge in [-0.15, -0.1) is 0 Å². The van der Waals surface area contributed by atoms with Gasteiger partial charge in [0.05, 0.1) is 0 Å². The van der Waals surface area contributed by atoms with Crippen LogP contribution >= 0.6 is 11.6 Å². The van der Waals surface area contributed by atoms with Crippen molar-refractivity contribution in [2.75, 3.05) is 10.6 Å². The average molecular weight is 277 g/mol. The predicted molar refractivity (Wildman–Crippen MR) is 75.8 cm³/mol. The van der Waals surface area contributed by atoms with E-state index in [0.717, 1.165) is 16.9 Å². The molecule has 0 atom stereocenters. The van der Waals surface area contributed by atoms with E-state index in [0.29, 0.717) is 5.82 Å². The van der Waals surface area contributed by atoms with Crippen molar-refractivity contribution < 1.29 is 4.79 Å². The van der Waals surface area contributed by atoms with E-state index in [4.69, 9.17) is 11.6 Å². The van der Waals surface area contributed by atoms with Gasteiger partial charge in [0.1, 0.15) is 5.82 Å². The quantitative estimate of drug-likeness (QED) is 0.845. The van der Waals surface area contributed by atoms with Crippen LogP contribution in [0.15, 0.2) is 30.5 Å². The maximum absolute atomic E-state index is 10.9. The first-order valence-corrected chi connectivity index (χ1v) is 6.06. The Bertz CT molecular complexity index is 598. The fourth-order valence-electron chi connectivity index (χ4n) is 1.52. The molecule has 2 N–H and O–H groups in total. The number of hydrogen-bond donors (Lipinski definition) is 2. The lowest BCUT2D eigenvalue weighted by atomic mass is 10.2. The molecule has 0 aliphatic rings. The third kappa shape index (κ3) is 3.66. The summed E-state index contributed by atoms with van der Waals surface area (Å²) in [6.45, 7) is 3.36. The highest BCUT2D eigenvalue weighted by Gasteiger charge is 2.03. The van der Waals surface area contributed by atoms with E-state index >= 15 is 0 Å². The number of nitrogens with zero attached hydrogens (tertiary/aromatic N) is 2.